The largest absolute Gasteiger partial charge is 0.467 e. The highest BCUT2D eigenvalue weighted by Crippen LogP contribution is 2.12. The topological polar surface area (TPSA) is 108 Å². The second-order valence-corrected chi connectivity index (χ2v) is 5.90. The molecule has 0 aromatic heterocycles. The van der Waals surface area contributed by atoms with Crippen LogP contribution in [0.25, 0.3) is 0 Å². The van der Waals surface area contributed by atoms with Crippen LogP contribution in [0.3, 0.4) is 0 Å². The van der Waals surface area contributed by atoms with Crippen molar-refractivity contribution >= 4 is 17.8 Å². The monoisotopic (exact) mass is 363 g/mol. The highest BCUT2D eigenvalue weighted by molar-refractivity contribution is 5.90. The number of benzene rings is 1. The van der Waals surface area contributed by atoms with Crippen molar-refractivity contribution < 1.29 is 23.5 Å². The quantitative estimate of drug-likeness (QED) is 0.672. The van der Waals surface area contributed by atoms with E-state index in [9.17, 15) is 18.8 Å². The number of hydrogen-bond acceptors (Lipinski definition) is 5. The van der Waals surface area contributed by atoms with Gasteiger partial charge in [0.25, 0.3) is 0 Å². The van der Waals surface area contributed by atoms with Gasteiger partial charge < -0.3 is 15.4 Å². The van der Waals surface area contributed by atoms with Crippen LogP contribution in [0.2, 0.25) is 0 Å². The van der Waals surface area contributed by atoms with E-state index >= 15 is 0 Å². The molecule has 1 aromatic rings. The van der Waals surface area contributed by atoms with Gasteiger partial charge in [0.05, 0.1) is 13.2 Å². The van der Waals surface area contributed by atoms with Crippen LogP contribution in [-0.4, -0.2) is 37.0 Å². The predicted molar refractivity (Wildman–Crippen MR) is 91.0 cm³/mol. The van der Waals surface area contributed by atoms with Gasteiger partial charge in [-0.05, 0) is 11.6 Å². The normalized spacial score (nSPS) is 13.7. The number of hydrogen-bond donors (Lipinski definition) is 2. The van der Waals surface area contributed by atoms with E-state index in [2.05, 4.69) is 15.4 Å². The molecular weight excluding hydrogens is 341 g/mol. The second kappa shape index (κ2) is 10.1. The number of methoxy groups -OCH3 is 1. The third-order valence-electron chi connectivity index (χ3n) is 3.81. The lowest BCUT2D eigenvalue weighted by Crippen LogP contribution is -2.54. The van der Waals surface area contributed by atoms with Crippen molar-refractivity contribution in [2.75, 3.05) is 7.11 Å². The van der Waals surface area contributed by atoms with E-state index in [1.54, 1.807) is 13.0 Å². The van der Waals surface area contributed by atoms with Crippen LogP contribution >= 0.6 is 0 Å². The van der Waals surface area contributed by atoms with E-state index in [0.717, 1.165) is 0 Å². The first-order chi connectivity index (χ1) is 12.3. The van der Waals surface area contributed by atoms with Gasteiger partial charge in [-0.2, -0.15) is 5.26 Å². The summed E-state index contributed by atoms with van der Waals surface area (Å²) >= 11 is 0. The Morgan fingerprint density at radius 1 is 1.27 bits per heavy atom. The molecule has 0 fully saturated rings. The number of esters is 1. The van der Waals surface area contributed by atoms with Crippen molar-refractivity contribution in [3.63, 3.8) is 0 Å². The first-order valence-corrected chi connectivity index (χ1v) is 8.05. The summed E-state index contributed by atoms with van der Waals surface area (Å²) in [4.78, 5) is 35.9. The van der Waals surface area contributed by atoms with E-state index in [-0.39, 0.29) is 18.4 Å². The molecule has 8 heteroatoms. The minimum Gasteiger partial charge on any atom is -0.467 e. The van der Waals surface area contributed by atoms with Crippen LogP contribution in [0.5, 0.6) is 0 Å². The minimum absolute atomic E-state index is 0.0260. The molecular formula is C18H22FN3O4. The molecule has 1 aromatic carbocycles. The molecule has 0 radical (unpaired) electrons. The smallest absolute Gasteiger partial charge is 0.328 e. The van der Waals surface area contributed by atoms with Gasteiger partial charge in [-0.3, -0.25) is 9.59 Å². The summed E-state index contributed by atoms with van der Waals surface area (Å²) in [5.41, 5.74) is 0.251. The van der Waals surface area contributed by atoms with Gasteiger partial charge in [0.15, 0.2) is 0 Å². The number of carbonyl (C=O) groups excluding carboxylic acids is 3. The number of amides is 2. The van der Waals surface area contributed by atoms with Crippen LogP contribution in [0.1, 0.15) is 25.8 Å². The molecule has 140 valence electrons. The van der Waals surface area contributed by atoms with Crippen molar-refractivity contribution in [3.8, 4) is 6.07 Å². The van der Waals surface area contributed by atoms with Crippen LogP contribution in [0.4, 0.5) is 4.39 Å². The number of rotatable bonds is 8. The molecule has 0 aliphatic heterocycles. The molecule has 0 saturated heterocycles. The Morgan fingerprint density at radius 3 is 2.46 bits per heavy atom. The summed E-state index contributed by atoms with van der Waals surface area (Å²) in [5, 5.41) is 13.8. The van der Waals surface area contributed by atoms with Gasteiger partial charge in [0.1, 0.15) is 17.9 Å². The van der Waals surface area contributed by atoms with Crippen LogP contribution in [-0.2, 0) is 25.5 Å². The third-order valence-corrected chi connectivity index (χ3v) is 3.81. The zero-order valence-electron chi connectivity index (χ0n) is 14.9. The molecule has 2 N–H and O–H groups in total. The van der Waals surface area contributed by atoms with Crippen LogP contribution in [0.15, 0.2) is 24.3 Å². The number of halogens is 1. The van der Waals surface area contributed by atoms with Crippen LogP contribution in [0, 0.1) is 23.1 Å². The highest BCUT2D eigenvalue weighted by atomic mass is 19.1. The maximum atomic E-state index is 13.9. The molecule has 3 atom stereocenters. The van der Waals surface area contributed by atoms with Crippen molar-refractivity contribution in [2.45, 2.75) is 38.8 Å². The molecule has 1 rings (SSSR count). The van der Waals surface area contributed by atoms with Gasteiger partial charge in [0.2, 0.25) is 11.8 Å². The molecule has 0 aliphatic carbocycles. The molecule has 0 spiro atoms. The fourth-order valence-corrected chi connectivity index (χ4v) is 2.41. The van der Waals surface area contributed by atoms with Crippen LogP contribution < -0.4 is 10.6 Å². The summed E-state index contributed by atoms with van der Waals surface area (Å²) in [6.07, 6.45) is -0.0588. The fraction of sp³-hybridized carbons (Fsp3) is 0.444. The molecule has 0 aliphatic rings. The average Bonchev–Trinajstić information content (AvgIpc) is 2.59. The molecule has 0 bridgehead atoms. The Balaban J connectivity index is 2.99. The Morgan fingerprint density at radius 2 is 1.92 bits per heavy atom. The first-order valence-electron chi connectivity index (χ1n) is 8.05. The van der Waals surface area contributed by atoms with E-state index in [0.29, 0.717) is 0 Å². The Kier molecular flexibility index (Phi) is 8.22. The lowest BCUT2D eigenvalue weighted by molar-refractivity contribution is -0.146. The van der Waals surface area contributed by atoms with E-state index < -0.39 is 41.6 Å². The van der Waals surface area contributed by atoms with Gasteiger partial charge in [0, 0.05) is 25.7 Å². The molecule has 7 nitrogen and oxygen atoms in total. The van der Waals surface area contributed by atoms with Gasteiger partial charge in [-0.1, -0.05) is 25.1 Å². The first kappa shape index (κ1) is 21.1. The lowest BCUT2D eigenvalue weighted by atomic mass is 9.97. The average molecular weight is 363 g/mol. The fourth-order valence-electron chi connectivity index (χ4n) is 2.41. The number of nitriles is 1. The summed E-state index contributed by atoms with van der Waals surface area (Å²) < 4.78 is 18.5. The van der Waals surface area contributed by atoms with Crippen molar-refractivity contribution in [2.24, 2.45) is 5.92 Å². The Bertz CT molecular complexity index is 702. The maximum Gasteiger partial charge on any atom is 0.328 e. The molecule has 26 heavy (non-hydrogen) atoms. The summed E-state index contributed by atoms with van der Waals surface area (Å²) in [7, 11) is 1.17. The van der Waals surface area contributed by atoms with E-state index in [1.165, 1.54) is 32.2 Å². The van der Waals surface area contributed by atoms with Crippen molar-refractivity contribution in [1.82, 2.24) is 10.6 Å². The Hall–Kier alpha value is -2.95. The SMILES string of the molecule is COC(=O)[C@@H](NC(=O)[C@@H](Cc1ccccc1F)NC(C)=O)[C@H](C)CC#N. The number of nitrogens with one attached hydrogen (secondary N) is 2. The van der Waals surface area contributed by atoms with E-state index in [1.807, 2.05) is 6.07 Å². The second-order valence-electron chi connectivity index (χ2n) is 5.90. The number of carbonyl (C=O) groups is 3. The number of nitrogens with zero attached hydrogens (tertiary/aromatic N) is 1. The number of ether oxygens (including phenoxy) is 1. The van der Waals surface area contributed by atoms with Crippen molar-refractivity contribution in [1.29, 1.82) is 5.26 Å². The maximum absolute atomic E-state index is 13.9. The zero-order chi connectivity index (χ0) is 19.7. The van der Waals surface area contributed by atoms with Crippen molar-refractivity contribution in [3.05, 3.63) is 35.6 Å². The molecule has 0 saturated carbocycles. The Labute approximate surface area is 151 Å². The molecule has 0 unspecified atom stereocenters. The van der Waals surface area contributed by atoms with E-state index in [4.69, 9.17) is 5.26 Å². The summed E-state index contributed by atoms with van der Waals surface area (Å²) in [6, 6.07) is 5.70. The van der Waals surface area contributed by atoms with Gasteiger partial charge in [-0.15, -0.1) is 0 Å². The standard InChI is InChI=1S/C18H22FN3O4/c1-11(8-9-20)16(18(25)26-3)22-17(24)15(21-12(2)23)10-13-6-4-5-7-14(13)19/h4-7,11,15-16H,8,10H2,1-3H3,(H,21,23)(H,22,24)/t11-,15-,16+/m1/s1. The van der Waals surface area contributed by atoms with Gasteiger partial charge >= 0.3 is 5.97 Å². The highest BCUT2D eigenvalue weighted by Gasteiger charge is 2.31. The predicted octanol–water partition coefficient (Wildman–Crippen LogP) is 1.08. The lowest BCUT2D eigenvalue weighted by Gasteiger charge is -2.24. The van der Waals surface area contributed by atoms with Gasteiger partial charge in [-0.25, -0.2) is 9.18 Å². The molecule has 0 heterocycles. The molecule has 2 amide bonds. The zero-order valence-corrected chi connectivity index (χ0v) is 14.9. The minimum atomic E-state index is -1.08. The summed E-state index contributed by atoms with van der Waals surface area (Å²) in [6.45, 7) is 2.85. The third kappa shape index (κ3) is 6.16. The summed E-state index contributed by atoms with van der Waals surface area (Å²) in [5.74, 6) is -2.83.